The second-order valence-electron chi connectivity index (χ2n) is 7.32. The van der Waals surface area contributed by atoms with Crippen LogP contribution < -0.4 is 10.2 Å². The third-order valence-corrected chi connectivity index (χ3v) is 5.45. The second kappa shape index (κ2) is 9.41. The first-order chi connectivity index (χ1) is 14.1. The summed E-state index contributed by atoms with van der Waals surface area (Å²) >= 11 is 0. The molecule has 1 aromatic heterocycles. The van der Waals surface area contributed by atoms with Crippen molar-refractivity contribution in [2.24, 2.45) is 0 Å². The summed E-state index contributed by atoms with van der Waals surface area (Å²) in [6.07, 6.45) is 0.969. The van der Waals surface area contributed by atoms with Crippen LogP contribution >= 0.6 is 12.4 Å². The van der Waals surface area contributed by atoms with Crippen molar-refractivity contribution in [1.29, 1.82) is 0 Å². The Morgan fingerprint density at radius 3 is 2.60 bits per heavy atom. The molecule has 3 aromatic rings. The molecular weight excluding hydrogens is 403 g/mol. The number of aryl methyl sites for hydroxylation is 1. The standard InChI is InChI=1S/C23H25FN4O.ClH/c1-15-21(14-29-3)22(27-23(25-15)26-19-10-8-18(24)9-11-19)28-13-12-17-6-4-5-7-20(17)16(28)2;/h4-11,16H,12-14H2,1-3H3,(H,25,26,27);1H. The van der Waals surface area contributed by atoms with Gasteiger partial charge >= 0.3 is 0 Å². The highest BCUT2D eigenvalue weighted by Crippen LogP contribution is 2.35. The molecule has 30 heavy (non-hydrogen) atoms. The number of benzene rings is 2. The van der Waals surface area contributed by atoms with Crippen molar-refractivity contribution in [1.82, 2.24) is 9.97 Å². The maximum absolute atomic E-state index is 13.2. The van der Waals surface area contributed by atoms with Gasteiger partial charge in [0.2, 0.25) is 5.95 Å². The van der Waals surface area contributed by atoms with Gasteiger partial charge in [-0.2, -0.15) is 4.98 Å². The van der Waals surface area contributed by atoms with Gasteiger partial charge in [0, 0.05) is 24.9 Å². The van der Waals surface area contributed by atoms with Crippen LogP contribution in [0, 0.1) is 12.7 Å². The molecule has 0 radical (unpaired) electrons. The molecule has 1 aliphatic heterocycles. The summed E-state index contributed by atoms with van der Waals surface area (Å²) in [4.78, 5) is 11.8. The predicted octanol–water partition coefficient (Wildman–Crippen LogP) is 5.36. The minimum atomic E-state index is -0.274. The number of rotatable bonds is 5. The maximum Gasteiger partial charge on any atom is 0.229 e. The molecule has 4 rings (SSSR count). The van der Waals surface area contributed by atoms with E-state index in [0.717, 1.165) is 35.7 Å². The van der Waals surface area contributed by atoms with E-state index in [1.54, 1.807) is 19.2 Å². The van der Waals surface area contributed by atoms with Gasteiger partial charge in [0.15, 0.2) is 0 Å². The fourth-order valence-electron chi connectivity index (χ4n) is 3.91. The van der Waals surface area contributed by atoms with E-state index >= 15 is 0 Å². The lowest BCUT2D eigenvalue weighted by Gasteiger charge is -2.37. The van der Waals surface area contributed by atoms with Crippen LogP contribution in [-0.4, -0.2) is 23.6 Å². The van der Waals surface area contributed by atoms with E-state index in [2.05, 4.69) is 46.4 Å². The predicted molar refractivity (Wildman–Crippen MR) is 120 cm³/mol. The van der Waals surface area contributed by atoms with Gasteiger partial charge in [0.1, 0.15) is 11.6 Å². The summed E-state index contributed by atoms with van der Waals surface area (Å²) in [6.45, 7) is 5.50. The molecule has 0 aliphatic carbocycles. The molecular formula is C23H26ClFN4O. The molecule has 1 atom stereocenters. The quantitative estimate of drug-likeness (QED) is 0.592. The zero-order valence-electron chi connectivity index (χ0n) is 17.4. The Labute approximate surface area is 182 Å². The molecule has 0 fully saturated rings. The summed E-state index contributed by atoms with van der Waals surface area (Å²) in [6, 6.07) is 15.0. The van der Waals surface area contributed by atoms with Crippen LogP contribution in [0.3, 0.4) is 0 Å². The molecule has 0 saturated heterocycles. The second-order valence-corrected chi connectivity index (χ2v) is 7.32. The first kappa shape index (κ1) is 22.0. The van der Waals surface area contributed by atoms with Crippen molar-refractivity contribution in [3.8, 4) is 0 Å². The van der Waals surface area contributed by atoms with Gasteiger partial charge in [-0.25, -0.2) is 9.37 Å². The monoisotopic (exact) mass is 428 g/mol. The molecule has 0 spiro atoms. The molecule has 0 amide bonds. The minimum Gasteiger partial charge on any atom is -0.380 e. The van der Waals surface area contributed by atoms with Gasteiger partial charge in [-0.05, 0) is 55.7 Å². The van der Waals surface area contributed by atoms with E-state index in [1.165, 1.54) is 23.3 Å². The zero-order valence-corrected chi connectivity index (χ0v) is 18.2. The first-order valence-corrected chi connectivity index (χ1v) is 9.80. The van der Waals surface area contributed by atoms with E-state index < -0.39 is 0 Å². The number of nitrogens with zero attached hydrogens (tertiary/aromatic N) is 3. The van der Waals surface area contributed by atoms with E-state index in [0.29, 0.717) is 12.6 Å². The number of hydrogen-bond donors (Lipinski definition) is 1. The van der Waals surface area contributed by atoms with Gasteiger partial charge in [-0.3, -0.25) is 0 Å². The highest BCUT2D eigenvalue weighted by Gasteiger charge is 2.27. The molecule has 0 bridgehead atoms. The van der Waals surface area contributed by atoms with Gasteiger partial charge in [0.25, 0.3) is 0 Å². The lowest BCUT2D eigenvalue weighted by Crippen LogP contribution is -2.35. The Hall–Kier alpha value is -2.70. The third-order valence-electron chi connectivity index (χ3n) is 5.45. The summed E-state index contributed by atoms with van der Waals surface area (Å²) in [5.74, 6) is 1.10. The Kier molecular flexibility index (Phi) is 6.90. The van der Waals surface area contributed by atoms with Gasteiger partial charge in [-0.1, -0.05) is 24.3 Å². The number of nitrogens with one attached hydrogen (secondary N) is 1. The van der Waals surface area contributed by atoms with Crippen LogP contribution in [0.15, 0.2) is 48.5 Å². The number of fused-ring (bicyclic) bond motifs is 1. The lowest BCUT2D eigenvalue weighted by molar-refractivity contribution is 0.184. The lowest BCUT2D eigenvalue weighted by atomic mass is 9.93. The average molecular weight is 429 g/mol. The van der Waals surface area contributed by atoms with Crippen LogP contribution in [0.25, 0.3) is 0 Å². The SMILES string of the molecule is COCc1c(C)nc(Nc2ccc(F)cc2)nc1N1CCc2ccccc2C1C.Cl. The van der Waals surface area contributed by atoms with Crippen molar-refractivity contribution in [2.45, 2.75) is 32.9 Å². The van der Waals surface area contributed by atoms with Gasteiger partial charge < -0.3 is 15.0 Å². The van der Waals surface area contributed by atoms with Crippen molar-refractivity contribution >= 4 is 29.9 Å². The van der Waals surface area contributed by atoms with E-state index in [9.17, 15) is 4.39 Å². The molecule has 1 aliphatic rings. The smallest absolute Gasteiger partial charge is 0.229 e. The summed E-state index contributed by atoms with van der Waals surface area (Å²) in [5, 5.41) is 3.20. The Morgan fingerprint density at radius 1 is 1.13 bits per heavy atom. The Balaban J connectivity index is 0.00000256. The van der Waals surface area contributed by atoms with Crippen LogP contribution in [0.1, 0.15) is 35.3 Å². The fraction of sp³-hybridized carbons (Fsp3) is 0.304. The van der Waals surface area contributed by atoms with Crippen LogP contribution in [-0.2, 0) is 17.8 Å². The van der Waals surface area contributed by atoms with Gasteiger partial charge in [0.05, 0.1) is 18.3 Å². The molecule has 2 heterocycles. The number of anilines is 3. The fourth-order valence-corrected chi connectivity index (χ4v) is 3.91. The topological polar surface area (TPSA) is 50.3 Å². The number of methoxy groups -OCH3 is 1. The Bertz CT molecular complexity index is 1010. The van der Waals surface area contributed by atoms with Crippen LogP contribution in [0.4, 0.5) is 21.8 Å². The van der Waals surface area contributed by atoms with E-state index in [1.807, 2.05) is 6.92 Å². The molecule has 7 heteroatoms. The largest absolute Gasteiger partial charge is 0.380 e. The first-order valence-electron chi connectivity index (χ1n) is 9.80. The summed E-state index contributed by atoms with van der Waals surface area (Å²) < 4.78 is 18.7. The van der Waals surface area contributed by atoms with Crippen molar-refractivity contribution in [3.05, 3.63) is 76.7 Å². The van der Waals surface area contributed by atoms with Crippen LogP contribution in [0.5, 0.6) is 0 Å². The molecule has 5 nitrogen and oxygen atoms in total. The van der Waals surface area contributed by atoms with Crippen molar-refractivity contribution in [2.75, 3.05) is 23.9 Å². The summed E-state index contributed by atoms with van der Waals surface area (Å²) in [7, 11) is 1.68. The normalized spacial score (nSPS) is 15.3. The average Bonchev–Trinajstić information content (AvgIpc) is 2.72. The Morgan fingerprint density at radius 2 is 1.87 bits per heavy atom. The van der Waals surface area contributed by atoms with E-state index in [4.69, 9.17) is 9.72 Å². The molecule has 0 saturated carbocycles. The van der Waals surface area contributed by atoms with Crippen molar-refractivity contribution in [3.63, 3.8) is 0 Å². The van der Waals surface area contributed by atoms with E-state index in [-0.39, 0.29) is 24.3 Å². The highest BCUT2D eigenvalue weighted by atomic mass is 35.5. The number of aromatic nitrogens is 2. The third kappa shape index (κ3) is 4.40. The number of ether oxygens (including phenoxy) is 1. The highest BCUT2D eigenvalue weighted by molar-refractivity contribution is 5.85. The number of hydrogen-bond acceptors (Lipinski definition) is 5. The zero-order chi connectivity index (χ0) is 20.4. The maximum atomic E-state index is 13.2. The summed E-state index contributed by atoms with van der Waals surface area (Å²) in [5.41, 5.74) is 5.32. The molecule has 158 valence electrons. The molecule has 1 N–H and O–H groups in total. The van der Waals surface area contributed by atoms with Crippen molar-refractivity contribution < 1.29 is 9.13 Å². The minimum absolute atomic E-state index is 0. The molecule has 1 unspecified atom stereocenters. The number of halogens is 2. The van der Waals surface area contributed by atoms with Crippen LogP contribution in [0.2, 0.25) is 0 Å². The molecule has 2 aromatic carbocycles. The van der Waals surface area contributed by atoms with Gasteiger partial charge in [-0.15, -0.1) is 12.4 Å².